The monoisotopic (exact) mass is 710 g/mol. The summed E-state index contributed by atoms with van der Waals surface area (Å²) in [6.45, 7) is 4.22. The summed E-state index contributed by atoms with van der Waals surface area (Å²) in [7, 11) is 0. The number of carbonyl (C=O) groups is 1. The molecular weight excluding hydrogens is 627 g/mol. The molecule has 3 N–H and O–H groups in total. The minimum atomic E-state index is -0.665. The molecule has 0 saturated carbocycles. The zero-order valence-electron chi connectivity index (χ0n) is 33.6. The smallest absolute Gasteiger partial charge is 0.220 e. The first kappa shape index (κ1) is 48.8. The van der Waals surface area contributed by atoms with Crippen molar-refractivity contribution in [2.45, 2.75) is 212 Å². The van der Waals surface area contributed by atoms with Crippen LogP contribution < -0.4 is 5.32 Å². The second-order valence-electron chi connectivity index (χ2n) is 14.4. The number of carbonyl (C=O) groups excluding carboxylic acids is 1. The molecule has 0 aliphatic carbocycles. The Bertz CT molecular complexity index is 899. The van der Waals surface area contributed by atoms with Gasteiger partial charge in [-0.2, -0.15) is 0 Å². The average molecular weight is 710 g/mol. The van der Waals surface area contributed by atoms with Crippen LogP contribution in [0.3, 0.4) is 0 Å². The standard InChI is InChI=1S/C47H83NO3/c1-3-5-7-9-11-13-15-17-18-19-20-21-22-23-24-25-26-27-28-29-30-31-33-35-37-39-41-43-47(51)48-45(44-49)46(50)42-40-38-36-34-32-16-14-12-10-8-6-4-2/h5,7,11,13,17-18,20-21,23-24,26-27,45-46,49-50H,3-4,6,8-10,12,14-16,19,22,25,28-44H2,1-2H3,(H,48,51)/b7-5-,13-11-,18-17-,21-20-,24-23-,27-26-. The highest BCUT2D eigenvalue weighted by molar-refractivity contribution is 5.76. The van der Waals surface area contributed by atoms with E-state index < -0.39 is 12.1 Å². The van der Waals surface area contributed by atoms with E-state index in [4.69, 9.17) is 0 Å². The van der Waals surface area contributed by atoms with E-state index in [1.165, 1.54) is 109 Å². The first-order chi connectivity index (χ1) is 25.2. The van der Waals surface area contributed by atoms with Gasteiger partial charge in [-0.1, -0.05) is 202 Å². The summed E-state index contributed by atoms with van der Waals surface area (Å²) in [5.41, 5.74) is 0. The summed E-state index contributed by atoms with van der Waals surface area (Å²) < 4.78 is 0. The number of nitrogens with one attached hydrogen (secondary N) is 1. The van der Waals surface area contributed by atoms with Crippen LogP contribution in [0, 0.1) is 0 Å². The van der Waals surface area contributed by atoms with Crippen molar-refractivity contribution in [3.05, 3.63) is 72.9 Å². The molecule has 294 valence electrons. The molecule has 0 aliphatic heterocycles. The summed E-state index contributed by atoms with van der Waals surface area (Å²) in [5.74, 6) is -0.0443. The van der Waals surface area contributed by atoms with Crippen LogP contribution >= 0.6 is 0 Å². The second-order valence-corrected chi connectivity index (χ2v) is 14.4. The van der Waals surface area contributed by atoms with Gasteiger partial charge in [-0.15, -0.1) is 0 Å². The number of amides is 1. The number of aliphatic hydroxyl groups excluding tert-OH is 2. The number of hydrogen-bond donors (Lipinski definition) is 3. The van der Waals surface area contributed by atoms with Crippen LogP contribution in [0.5, 0.6) is 0 Å². The van der Waals surface area contributed by atoms with Crippen molar-refractivity contribution in [3.8, 4) is 0 Å². The lowest BCUT2D eigenvalue weighted by atomic mass is 10.0. The van der Waals surface area contributed by atoms with Gasteiger partial charge in [0.1, 0.15) is 0 Å². The summed E-state index contributed by atoms with van der Waals surface area (Å²) in [5, 5.41) is 23.1. The van der Waals surface area contributed by atoms with E-state index in [-0.39, 0.29) is 12.5 Å². The molecule has 2 unspecified atom stereocenters. The van der Waals surface area contributed by atoms with Crippen molar-refractivity contribution in [1.82, 2.24) is 5.32 Å². The van der Waals surface area contributed by atoms with Crippen molar-refractivity contribution < 1.29 is 15.0 Å². The van der Waals surface area contributed by atoms with Crippen LogP contribution in [-0.2, 0) is 4.79 Å². The first-order valence-corrected chi connectivity index (χ1v) is 21.6. The molecule has 0 bridgehead atoms. The Morgan fingerprint density at radius 1 is 0.490 bits per heavy atom. The van der Waals surface area contributed by atoms with Gasteiger partial charge < -0.3 is 15.5 Å². The third kappa shape index (κ3) is 38.9. The van der Waals surface area contributed by atoms with Crippen molar-refractivity contribution in [2.75, 3.05) is 6.61 Å². The van der Waals surface area contributed by atoms with Gasteiger partial charge >= 0.3 is 0 Å². The largest absolute Gasteiger partial charge is 0.394 e. The van der Waals surface area contributed by atoms with Crippen LogP contribution in [0.2, 0.25) is 0 Å². The van der Waals surface area contributed by atoms with Gasteiger partial charge in [0.25, 0.3) is 0 Å². The van der Waals surface area contributed by atoms with Gasteiger partial charge in [0.2, 0.25) is 5.91 Å². The Balaban J connectivity index is 3.59. The molecule has 4 nitrogen and oxygen atoms in total. The molecule has 0 aromatic heterocycles. The molecule has 0 fully saturated rings. The van der Waals surface area contributed by atoms with Gasteiger partial charge in [0.15, 0.2) is 0 Å². The highest BCUT2D eigenvalue weighted by Gasteiger charge is 2.19. The fourth-order valence-corrected chi connectivity index (χ4v) is 6.19. The Morgan fingerprint density at radius 3 is 1.29 bits per heavy atom. The first-order valence-electron chi connectivity index (χ1n) is 21.6. The van der Waals surface area contributed by atoms with Crippen LogP contribution in [0.1, 0.15) is 200 Å². The Morgan fingerprint density at radius 2 is 0.863 bits per heavy atom. The van der Waals surface area contributed by atoms with Gasteiger partial charge in [-0.05, 0) is 64.2 Å². The van der Waals surface area contributed by atoms with Gasteiger partial charge in [-0.3, -0.25) is 4.79 Å². The Labute approximate surface area is 317 Å². The normalized spacial score (nSPS) is 13.7. The Hall–Kier alpha value is -2.17. The van der Waals surface area contributed by atoms with Crippen molar-refractivity contribution in [1.29, 1.82) is 0 Å². The summed E-state index contributed by atoms with van der Waals surface area (Å²) in [6.07, 6.45) is 59.7. The van der Waals surface area contributed by atoms with E-state index >= 15 is 0 Å². The SMILES string of the molecule is CC/C=C\C/C=C\C/C=C\C/C=C\C/C=C\C/C=C\CCCCCCCCCCC(=O)NC(CO)C(O)CCCCCCCCCCCCCC. The van der Waals surface area contributed by atoms with E-state index in [1.807, 2.05) is 0 Å². The van der Waals surface area contributed by atoms with Gasteiger partial charge in [-0.25, -0.2) is 0 Å². The highest BCUT2D eigenvalue weighted by Crippen LogP contribution is 2.15. The van der Waals surface area contributed by atoms with E-state index in [1.54, 1.807) is 0 Å². The van der Waals surface area contributed by atoms with Crippen molar-refractivity contribution in [2.24, 2.45) is 0 Å². The number of allylic oxidation sites excluding steroid dienone is 12. The van der Waals surface area contributed by atoms with Gasteiger partial charge in [0, 0.05) is 6.42 Å². The maximum Gasteiger partial charge on any atom is 0.220 e. The van der Waals surface area contributed by atoms with Crippen LogP contribution in [0.25, 0.3) is 0 Å². The number of hydrogen-bond acceptors (Lipinski definition) is 3. The lowest BCUT2D eigenvalue weighted by Crippen LogP contribution is -2.45. The molecule has 0 saturated heterocycles. The molecule has 0 radical (unpaired) electrons. The third-order valence-corrected chi connectivity index (χ3v) is 9.48. The molecule has 4 heteroatoms. The maximum atomic E-state index is 12.4. The molecular formula is C47H83NO3. The predicted molar refractivity (Wildman–Crippen MR) is 225 cm³/mol. The average Bonchev–Trinajstić information content (AvgIpc) is 3.13. The maximum absolute atomic E-state index is 12.4. The molecule has 1 amide bonds. The minimum absolute atomic E-state index is 0.0443. The summed E-state index contributed by atoms with van der Waals surface area (Å²) in [6, 6.07) is -0.543. The zero-order valence-corrected chi connectivity index (χ0v) is 33.6. The van der Waals surface area contributed by atoms with Crippen LogP contribution in [0.4, 0.5) is 0 Å². The highest BCUT2D eigenvalue weighted by atomic mass is 16.3. The predicted octanol–water partition coefficient (Wildman–Crippen LogP) is 13.5. The van der Waals surface area contributed by atoms with Crippen molar-refractivity contribution >= 4 is 5.91 Å². The fraction of sp³-hybridized carbons (Fsp3) is 0.723. The number of rotatable bonds is 38. The molecule has 0 heterocycles. The third-order valence-electron chi connectivity index (χ3n) is 9.48. The number of unbranched alkanes of at least 4 members (excludes halogenated alkanes) is 19. The summed E-state index contributed by atoms with van der Waals surface area (Å²) in [4.78, 5) is 12.4. The number of aliphatic hydroxyl groups is 2. The molecule has 0 aliphatic rings. The van der Waals surface area contributed by atoms with Crippen LogP contribution in [0.15, 0.2) is 72.9 Å². The lowest BCUT2D eigenvalue weighted by molar-refractivity contribution is -0.123. The fourth-order valence-electron chi connectivity index (χ4n) is 6.19. The molecule has 0 spiro atoms. The van der Waals surface area contributed by atoms with E-state index in [0.717, 1.165) is 64.2 Å². The van der Waals surface area contributed by atoms with Crippen molar-refractivity contribution in [3.63, 3.8) is 0 Å². The van der Waals surface area contributed by atoms with Gasteiger partial charge in [0.05, 0.1) is 18.8 Å². The Kier molecular flexibility index (Phi) is 40.4. The van der Waals surface area contributed by atoms with E-state index in [9.17, 15) is 15.0 Å². The minimum Gasteiger partial charge on any atom is -0.394 e. The molecule has 2 atom stereocenters. The molecule has 0 aromatic rings. The molecule has 0 rings (SSSR count). The lowest BCUT2D eigenvalue weighted by Gasteiger charge is -2.22. The summed E-state index contributed by atoms with van der Waals surface area (Å²) >= 11 is 0. The molecule has 51 heavy (non-hydrogen) atoms. The molecule has 0 aromatic carbocycles. The van der Waals surface area contributed by atoms with E-state index in [0.29, 0.717) is 12.8 Å². The quantitative estimate of drug-likeness (QED) is 0.0441. The van der Waals surface area contributed by atoms with Crippen LogP contribution in [-0.4, -0.2) is 34.9 Å². The zero-order chi connectivity index (χ0) is 37.1. The second kappa shape index (κ2) is 42.2. The topological polar surface area (TPSA) is 69.6 Å². The van der Waals surface area contributed by atoms with E-state index in [2.05, 4.69) is 92.1 Å².